The third-order valence-corrected chi connectivity index (χ3v) is 5.32. The van der Waals surface area contributed by atoms with Crippen molar-refractivity contribution in [1.82, 2.24) is 9.97 Å². The van der Waals surface area contributed by atoms with Crippen LogP contribution in [0.2, 0.25) is 5.02 Å². The highest BCUT2D eigenvalue weighted by atomic mass is 35.5. The summed E-state index contributed by atoms with van der Waals surface area (Å²) in [4.78, 5) is 21.9. The molecule has 0 amide bonds. The van der Waals surface area contributed by atoms with Gasteiger partial charge in [-0.1, -0.05) is 35.3 Å². The summed E-state index contributed by atoms with van der Waals surface area (Å²) in [6.45, 7) is 2.23. The first-order chi connectivity index (χ1) is 13.1. The first kappa shape index (κ1) is 18.1. The molecule has 1 aromatic heterocycles. The maximum absolute atomic E-state index is 12.3. The Kier molecular flexibility index (Phi) is 5.19. The van der Waals surface area contributed by atoms with E-state index in [0.717, 1.165) is 18.7 Å². The maximum atomic E-state index is 12.3. The molecule has 1 N–H and O–H groups in total. The molecule has 4 nitrogen and oxygen atoms in total. The van der Waals surface area contributed by atoms with Gasteiger partial charge in [-0.2, -0.15) is 0 Å². The zero-order valence-corrected chi connectivity index (χ0v) is 16.2. The van der Waals surface area contributed by atoms with Gasteiger partial charge in [0.15, 0.2) is 5.82 Å². The highest BCUT2D eigenvalue weighted by molar-refractivity contribution is 6.50. The van der Waals surface area contributed by atoms with Crippen molar-refractivity contribution in [2.24, 2.45) is 0 Å². The third-order valence-electron chi connectivity index (χ3n) is 4.80. The zero-order chi connectivity index (χ0) is 18.8. The van der Waals surface area contributed by atoms with Gasteiger partial charge in [-0.15, -0.1) is 0 Å². The Bertz CT molecular complexity index is 1050. The van der Waals surface area contributed by atoms with E-state index >= 15 is 0 Å². The molecule has 0 bridgehead atoms. The SMILES string of the molecule is O=c1[nH]c(/C(Cl)=C\c2ccc(N3CCCCC3)cc2)nc2ccc(Cl)cc12. The Hall–Kier alpha value is -2.30. The number of anilines is 1. The lowest BCUT2D eigenvalue weighted by molar-refractivity contribution is 0.578. The topological polar surface area (TPSA) is 49.0 Å². The van der Waals surface area contributed by atoms with Crippen molar-refractivity contribution >= 4 is 50.9 Å². The van der Waals surface area contributed by atoms with Crippen LogP contribution >= 0.6 is 23.2 Å². The van der Waals surface area contributed by atoms with Gasteiger partial charge in [0.2, 0.25) is 0 Å². The molecule has 1 aliphatic heterocycles. The van der Waals surface area contributed by atoms with Crippen molar-refractivity contribution in [3.8, 4) is 0 Å². The second kappa shape index (κ2) is 7.75. The van der Waals surface area contributed by atoms with E-state index in [1.54, 1.807) is 18.2 Å². The molecule has 4 rings (SSSR count). The minimum absolute atomic E-state index is 0.260. The number of aromatic amines is 1. The quantitative estimate of drug-likeness (QED) is 0.649. The van der Waals surface area contributed by atoms with Gasteiger partial charge < -0.3 is 9.88 Å². The van der Waals surface area contributed by atoms with E-state index in [4.69, 9.17) is 23.2 Å². The van der Waals surface area contributed by atoms with Gasteiger partial charge in [0.05, 0.1) is 15.9 Å². The van der Waals surface area contributed by atoms with Crippen molar-refractivity contribution < 1.29 is 0 Å². The van der Waals surface area contributed by atoms with E-state index < -0.39 is 0 Å². The van der Waals surface area contributed by atoms with E-state index in [-0.39, 0.29) is 5.56 Å². The molecule has 1 aliphatic rings. The van der Waals surface area contributed by atoms with E-state index in [1.807, 2.05) is 18.2 Å². The number of benzene rings is 2. The van der Waals surface area contributed by atoms with Crippen molar-refractivity contribution in [2.75, 3.05) is 18.0 Å². The van der Waals surface area contributed by atoms with E-state index in [0.29, 0.717) is 26.8 Å². The van der Waals surface area contributed by atoms with Crippen LogP contribution in [-0.2, 0) is 0 Å². The van der Waals surface area contributed by atoms with E-state index in [2.05, 4.69) is 27.0 Å². The Labute approximate surface area is 167 Å². The van der Waals surface area contributed by atoms with Crippen molar-refractivity contribution in [3.05, 3.63) is 69.2 Å². The standard InChI is InChI=1S/C21H19Cl2N3O/c22-15-6-9-19-17(13-15)21(27)25-20(24-19)18(23)12-14-4-7-16(8-5-14)26-10-2-1-3-11-26/h4-9,12-13H,1-3,10-11H2,(H,24,25,27)/b18-12+. The number of H-pyrrole nitrogens is 1. The first-order valence-electron chi connectivity index (χ1n) is 9.02. The predicted molar refractivity (Wildman–Crippen MR) is 114 cm³/mol. The summed E-state index contributed by atoms with van der Waals surface area (Å²) in [5.41, 5.74) is 2.49. The molecule has 0 spiro atoms. The summed E-state index contributed by atoms with van der Waals surface area (Å²) in [5.74, 6) is 0.344. The molecular formula is C21H19Cl2N3O. The van der Waals surface area contributed by atoms with Crippen LogP contribution in [-0.4, -0.2) is 23.1 Å². The molecule has 0 radical (unpaired) electrons. The van der Waals surface area contributed by atoms with Gasteiger partial charge in [0, 0.05) is 23.8 Å². The van der Waals surface area contributed by atoms with Crippen LogP contribution in [0.1, 0.15) is 30.7 Å². The number of halogens is 2. The Morgan fingerprint density at radius 2 is 1.81 bits per heavy atom. The van der Waals surface area contributed by atoms with Crippen molar-refractivity contribution in [2.45, 2.75) is 19.3 Å². The Morgan fingerprint density at radius 3 is 2.56 bits per heavy atom. The number of aromatic nitrogens is 2. The number of hydrogen-bond donors (Lipinski definition) is 1. The van der Waals surface area contributed by atoms with Gasteiger partial charge in [-0.25, -0.2) is 4.98 Å². The number of rotatable bonds is 3. The first-order valence-corrected chi connectivity index (χ1v) is 9.78. The smallest absolute Gasteiger partial charge is 0.259 e. The van der Waals surface area contributed by atoms with Gasteiger partial charge >= 0.3 is 0 Å². The Balaban J connectivity index is 1.61. The Morgan fingerprint density at radius 1 is 1.07 bits per heavy atom. The van der Waals surface area contributed by atoms with Crippen molar-refractivity contribution in [3.63, 3.8) is 0 Å². The molecule has 0 unspecified atom stereocenters. The fraction of sp³-hybridized carbons (Fsp3) is 0.238. The molecule has 27 heavy (non-hydrogen) atoms. The summed E-state index contributed by atoms with van der Waals surface area (Å²) in [6.07, 6.45) is 5.62. The lowest BCUT2D eigenvalue weighted by atomic mass is 10.1. The number of hydrogen-bond acceptors (Lipinski definition) is 3. The highest BCUT2D eigenvalue weighted by Crippen LogP contribution is 2.24. The fourth-order valence-corrected chi connectivity index (χ4v) is 3.76. The second-order valence-electron chi connectivity index (χ2n) is 6.71. The third kappa shape index (κ3) is 4.02. The van der Waals surface area contributed by atoms with Crippen LogP contribution in [0.3, 0.4) is 0 Å². The zero-order valence-electron chi connectivity index (χ0n) is 14.7. The van der Waals surface area contributed by atoms with Gasteiger partial charge in [-0.3, -0.25) is 4.79 Å². The molecule has 0 atom stereocenters. The monoisotopic (exact) mass is 399 g/mol. The van der Waals surface area contributed by atoms with Crippen LogP contribution in [0.25, 0.3) is 22.0 Å². The molecule has 138 valence electrons. The molecule has 1 fully saturated rings. The van der Waals surface area contributed by atoms with Gasteiger partial charge in [0.25, 0.3) is 5.56 Å². The molecular weight excluding hydrogens is 381 g/mol. The molecule has 0 aliphatic carbocycles. The average Bonchev–Trinajstić information content (AvgIpc) is 2.69. The number of piperidine rings is 1. The molecule has 1 saturated heterocycles. The number of nitrogens with zero attached hydrogens (tertiary/aromatic N) is 2. The van der Waals surface area contributed by atoms with Crippen molar-refractivity contribution in [1.29, 1.82) is 0 Å². The summed E-state index contributed by atoms with van der Waals surface area (Å²) >= 11 is 12.4. The van der Waals surface area contributed by atoms with Crippen LogP contribution in [0, 0.1) is 0 Å². The second-order valence-corrected chi connectivity index (χ2v) is 7.55. The van der Waals surface area contributed by atoms with Crippen LogP contribution in [0.4, 0.5) is 5.69 Å². The average molecular weight is 400 g/mol. The summed E-state index contributed by atoms with van der Waals surface area (Å²) in [5, 5.41) is 1.33. The minimum atomic E-state index is -0.260. The number of fused-ring (bicyclic) bond motifs is 1. The van der Waals surface area contributed by atoms with Gasteiger partial charge in [0.1, 0.15) is 0 Å². The molecule has 2 heterocycles. The normalized spacial score (nSPS) is 15.3. The molecule has 2 aromatic carbocycles. The summed E-state index contributed by atoms with van der Waals surface area (Å²) < 4.78 is 0. The fourth-order valence-electron chi connectivity index (χ4n) is 3.37. The summed E-state index contributed by atoms with van der Waals surface area (Å²) in [6, 6.07) is 13.3. The molecule has 3 aromatic rings. The lowest BCUT2D eigenvalue weighted by Gasteiger charge is -2.28. The molecule has 6 heteroatoms. The number of nitrogens with one attached hydrogen (secondary N) is 1. The van der Waals surface area contributed by atoms with E-state index in [9.17, 15) is 4.79 Å². The van der Waals surface area contributed by atoms with E-state index in [1.165, 1.54) is 24.9 Å². The predicted octanol–water partition coefficient (Wildman–Crippen LogP) is 5.30. The summed E-state index contributed by atoms with van der Waals surface area (Å²) in [7, 11) is 0. The maximum Gasteiger partial charge on any atom is 0.259 e. The molecule has 0 saturated carbocycles. The van der Waals surface area contributed by atoms with Gasteiger partial charge in [-0.05, 0) is 61.2 Å². The van der Waals surface area contributed by atoms with Crippen LogP contribution in [0.5, 0.6) is 0 Å². The largest absolute Gasteiger partial charge is 0.372 e. The van der Waals surface area contributed by atoms with Crippen LogP contribution < -0.4 is 10.5 Å². The minimum Gasteiger partial charge on any atom is -0.372 e. The van der Waals surface area contributed by atoms with Crippen LogP contribution in [0.15, 0.2) is 47.3 Å². The lowest BCUT2D eigenvalue weighted by Crippen LogP contribution is -2.29. The highest BCUT2D eigenvalue weighted by Gasteiger charge is 2.11.